The van der Waals surface area contributed by atoms with Crippen molar-refractivity contribution in [2.75, 3.05) is 65.8 Å². The number of carbonyl (C=O) groups excluding carboxylic acids is 13. The topological polar surface area (TPSA) is 799 Å². The van der Waals surface area contributed by atoms with Crippen molar-refractivity contribution in [2.24, 2.45) is 5.73 Å². The van der Waals surface area contributed by atoms with Gasteiger partial charge in [0.2, 0.25) is 76.8 Å². The number of nitrogens with zero attached hydrogens (tertiary/aromatic N) is 3. The first kappa shape index (κ1) is 104. The second-order valence-electron chi connectivity index (χ2n) is 32.3. The molecule has 127 heavy (non-hydrogen) atoms. The van der Waals surface area contributed by atoms with Crippen LogP contribution in [-0.4, -0.2) is 458 Å². The van der Waals surface area contributed by atoms with Crippen molar-refractivity contribution in [1.82, 2.24) is 62.6 Å². The molecular weight excluding hydrogens is 1710 g/mol. The van der Waals surface area contributed by atoms with Gasteiger partial charge in [-0.2, -0.15) is 0 Å². The molecule has 0 aromatic rings. The average molecular weight is 1830 g/mol. The Hall–Kier alpha value is -8.42. The van der Waals surface area contributed by atoms with Crippen LogP contribution >= 0.6 is 0 Å². The van der Waals surface area contributed by atoms with Gasteiger partial charge in [-0.3, -0.25) is 62.3 Å². The highest BCUT2D eigenvalue weighted by molar-refractivity contribution is 5.98. The van der Waals surface area contributed by atoms with E-state index in [1.54, 1.807) is 0 Å². The Morgan fingerprint density at radius 2 is 1.01 bits per heavy atom. The molecule has 8 aliphatic heterocycles. The van der Waals surface area contributed by atoms with Gasteiger partial charge in [-0.25, -0.2) is 4.79 Å². The summed E-state index contributed by atoms with van der Waals surface area (Å²) in [4.78, 5) is 192. The Morgan fingerprint density at radius 1 is 0.496 bits per heavy atom. The number of nitrogens with two attached hydrogens (primary N) is 1. The fourth-order valence-electron chi connectivity index (χ4n) is 16.3. The van der Waals surface area contributed by atoms with Crippen molar-refractivity contribution in [3.63, 3.8) is 0 Å². The van der Waals surface area contributed by atoms with Gasteiger partial charge in [0.15, 0.2) is 25.2 Å². The maximum absolute atomic E-state index is 15.2. The number of nitrogens with one attached hydrogen (secondary N) is 9. The Bertz CT molecular complexity index is 3850. The van der Waals surface area contributed by atoms with Gasteiger partial charge >= 0.3 is 5.97 Å². The van der Waals surface area contributed by atoms with Gasteiger partial charge < -0.3 is 197 Å². The number of likely N-dealkylation sites (tertiary alicyclic amines) is 3. The minimum atomic E-state index is -3.29. The molecule has 0 saturated carbocycles. The van der Waals surface area contributed by atoms with Gasteiger partial charge in [-0.1, -0.05) is 0 Å². The highest BCUT2D eigenvalue weighted by atomic mass is 16.8. The van der Waals surface area contributed by atoms with Crippen LogP contribution < -0.4 is 53.6 Å². The van der Waals surface area contributed by atoms with Gasteiger partial charge in [-0.15, -0.1) is 0 Å². The van der Waals surface area contributed by atoms with Gasteiger partial charge in [0.1, 0.15) is 164 Å². The number of aliphatic hydroxyl groups excluding tert-OH is 15. The van der Waals surface area contributed by atoms with E-state index in [0.717, 1.165) is 32.6 Å². The molecule has 8 fully saturated rings. The summed E-state index contributed by atoms with van der Waals surface area (Å²) in [6, 6.07) is -17.3. The predicted molar refractivity (Wildman–Crippen MR) is 413 cm³/mol. The quantitative estimate of drug-likeness (QED) is 0.0273. The van der Waals surface area contributed by atoms with E-state index in [1.165, 1.54) is 37.5 Å². The van der Waals surface area contributed by atoms with Crippen LogP contribution in [0.3, 0.4) is 0 Å². The number of carbonyl (C=O) groups is 14. The summed E-state index contributed by atoms with van der Waals surface area (Å²) in [5, 5.41) is 199. The lowest BCUT2D eigenvalue weighted by atomic mass is 9.88. The summed E-state index contributed by atoms with van der Waals surface area (Å²) in [5.41, 5.74) is 5.37. The third kappa shape index (κ3) is 25.0. The molecule has 0 aromatic heterocycles. The molecule has 18 unspecified atom stereocenters. The van der Waals surface area contributed by atoms with Crippen molar-refractivity contribution in [2.45, 2.75) is 314 Å². The molecule has 27 N–H and O–H groups in total. The maximum Gasteiger partial charge on any atom is 0.364 e. The monoisotopic (exact) mass is 1830 g/mol. The second-order valence-corrected chi connectivity index (χ2v) is 32.3. The Morgan fingerprint density at radius 3 is 1.57 bits per heavy atom. The van der Waals surface area contributed by atoms with Crippen molar-refractivity contribution >= 4 is 82.8 Å². The zero-order chi connectivity index (χ0) is 94.4. The normalized spacial score (nSPS) is 35.2. The average Bonchev–Trinajstić information content (AvgIpc) is 1.64. The molecule has 35 atom stereocenters. The van der Waals surface area contributed by atoms with Gasteiger partial charge in [0, 0.05) is 53.8 Å². The van der Waals surface area contributed by atoms with Crippen LogP contribution in [-0.2, 0) is 114 Å². The molecule has 8 aliphatic rings. The van der Waals surface area contributed by atoms with Gasteiger partial charge in [0.25, 0.3) is 5.79 Å². The summed E-state index contributed by atoms with van der Waals surface area (Å²) in [6.45, 7) is 1.07. The molecule has 13 amide bonds. The fraction of sp³-hybridized carbons (Fsp3) is 0.811. The third-order valence-corrected chi connectivity index (χ3v) is 22.9. The Labute approximate surface area is 724 Å². The first-order chi connectivity index (χ1) is 59.8. The highest BCUT2D eigenvalue weighted by Gasteiger charge is 2.62. The van der Waals surface area contributed by atoms with Crippen molar-refractivity contribution < 1.29 is 196 Å². The first-order valence-electron chi connectivity index (χ1n) is 41.2. The summed E-state index contributed by atoms with van der Waals surface area (Å²) >= 11 is 0. The fourth-order valence-corrected chi connectivity index (χ4v) is 16.3. The highest BCUT2D eigenvalue weighted by Crippen LogP contribution is 2.40. The van der Waals surface area contributed by atoms with Crippen LogP contribution in [0.25, 0.3) is 0 Å². The summed E-state index contributed by atoms with van der Waals surface area (Å²) in [5.74, 6) is -17.3. The number of hydrogen-bond acceptors (Lipinski definition) is 39. The van der Waals surface area contributed by atoms with Gasteiger partial charge in [-0.05, 0) is 66.2 Å². The number of primary amides is 1. The largest absolute Gasteiger partial charge is 0.477 e. The number of carboxylic acids is 1. The Kier molecular flexibility index (Phi) is 37.6. The molecule has 8 saturated heterocycles. The number of ether oxygens (including phenoxy) is 10. The van der Waals surface area contributed by atoms with Crippen LogP contribution in [0.4, 0.5) is 0 Å². The number of aliphatic carboxylic acids is 1. The second kappa shape index (κ2) is 45.9. The van der Waals surface area contributed by atoms with E-state index in [2.05, 4.69) is 47.9 Å². The molecule has 0 aliphatic carbocycles. The number of rotatable bonds is 38. The van der Waals surface area contributed by atoms with Crippen LogP contribution in [0.15, 0.2) is 0 Å². The summed E-state index contributed by atoms with van der Waals surface area (Å²) in [6.07, 6.45) is -49.7. The SMILES string of the molecule is CC(=O)NC(C)C(=O)N1CCCC1C(=O)NCC(=O)NC(CO)C(=O)NC(C(=O)NC(C)C(=O)N1CCCC1C(=O)N1CCCC1C(=O)NC(C)C(N)=O)C(C)O[C@@H]1OC(CO[C@@H]2OC(CO)[C@H](O[C@@H]3OC(CO)[C@H](O)C(O[C@]4(C(=O)O)C[C@H](O)[C@@H](NC(C)=O)C([C@H](O)[C@H](O)CO)O4)[C@H]3O)C(O)[C@H]2NC(C)=O)[C@H](O)C(O[C@@H]2OC(CO)[C@H](O)C(O)[C@H]2O)[C@H]1NC(C)=O. The summed E-state index contributed by atoms with van der Waals surface area (Å²) < 4.78 is 59.9. The number of carboxylic acid groups (broad SMARTS) is 1. The van der Waals surface area contributed by atoms with E-state index in [0.29, 0.717) is 12.8 Å². The van der Waals surface area contributed by atoms with Crippen molar-refractivity contribution in [3.8, 4) is 0 Å². The van der Waals surface area contributed by atoms with E-state index < -0.39 is 349 Å². The molecule has 0 spiro atoms. The van der Waals surface area contributed by atoms with Crippen LogP contribution in [0, 0.1) is 0 Å². The zero-order valence-corrected chi connectivity index (χ0v) is 70.5. The lowest BCUT2D eigenvalue weighted by Crippen LogP contribution is -2.71. The maximum atomic E-state index is 15.2. The van der Waals surface area contributed by atoms with Crippen LogP contribution in [0.5, 0.6) is 0 Å². The van der Waals surface area contributed by atoms with E-state index >= 15 is 4.79 Å². The standard InChI is InChI=1S/C74H119N13O40/c1-26(61(75)108)78-64(111)36-13-10-16-86(36)68(115)37-14-11-17-87(37)67(114)28(3)79-65(112)45(84-62(109)34(20-88)83-44(99)19-76-63(110)35-12-9-15-85(35)66(113)27(2)77-30(5)93)29(4)119-70-48(82-33(8)96)58(125-71-55(106)54(105)50(101)40(22-90)120-71)52(103)43(123-70)25-118-69-47(81-32(7)95)53(104)57(42(24-92)122-69)124-72-56(107)60(51(102)41(23-91)121-72)127-74(73(116)117)18-38(97)46(80-31(6)94)59(126-74)49(100)39(98)21-89/h26-29,34-43,45-60,69-72,88-92,97-98,100-107H,9-25H2,1-8H3,(H2,75,108)(H,76,110)(H,77,93)(H,78,111)(H,79,112)(H,80,94)(H,81,95)(H,82,96)(H,83,99)(H,84,109)(H,116,117)/t26?,27?,28?,29?,34?,35?,36?,37?,38-,39+,40?,41?,42?,43?,45?,46+,47+,48+,49+,50-,51-,52-,53?,54?,55+,56+,57-,58?,59?,60?,69+,70+,71-,72-,74-/m0/s1. The van der Waals surface area contributed by atoms with E-state index in [4.69, 9.17) is 53.1 Å². The number of hydrogen-bond donors (Lipinski definition) is 26. The third-order valence-electron chi connectivity index (χ3n) is 22.9. The molecule has 0 aromatic carbocycles. The summed E-state index contributed by atoms with van der Waals surface area (Å²) in [7, 11) is 0. The molecule has 0 bridgehead atoms. The first-order valence-corrected chi connectivity index (χ1v) is 41.2. The lowest BCUT2D eigenvalue weighted by molar-refractivity contribution is -0.383. The van der Waals surface area contributed by atoms with E-state index in [1.807, 2.05) is 0 Å². The molecular formula is C74H119N13O40. The van der Waals surface area contributed by atoms with Crippen LogP contribution in [0.2, 0.25) is 0 Å². The van der Waals surface area contributed by atoms with Crippen molar-refractivity contribution in [1.29, 1.82) is 0 Å². The minimum absolute atomic E-state index is 0.0612. The lowest BCUT2D eigenvalue weighted by Gasteiger charge is -2.51. The zero-order valence-electron chi connectivity index (χ0n) is 70.5. The molecule has 53 nitrogen and oxygen atoms in total. The number of amides is 13. The van der Waals surface area contributed by atoms with E-state index in [-0.39, 0.29) is 45.3 Å². The molecule has 8 heterocycles. The van der Waals surface area contributed by atoms with Crippen molar-refractivity contribution in [3.05, 3.63) is 0 Å². The molecule has 720 valence electrons. The minimum Gasteiger partial charge on any atom is -0.477 e. The van der Waals surface area contributed by atoms with E-state index in [9.17, 15) is 144 Å². The molecule has 8 rings (SSSR count). The Balaban J connectivity index is 1.10. The predicted octanol–water partition coefficient (Wildman–Crippen LogP) is -16.8. The number of aliphatic hydroxyl groups is 15. The molecule has 53 heteroatoms. The van der Waals surface area contributed by atoms with Crippen LogP contribution in [0.1, 0.15) is 100 Å². The van der Waals surface area contributed by atoms with Gasteiger partial charge in [0.05, 0.1) is 64.4 Å². The molecule has 0 radical (unpaired) electrons. The smallest absolute Gasteiger partial charge is 0.364 e.